The van der Waals surface area contributed by atoms with Crippen molar-refractivity contribution in [3.05, 3.63) is 57.5 Å². The Morgan fingerprint density at radius 3 is 2.86 bits per heavy atom. The topological polar surface area (TPSA) is 124 Å². The number of thiazole rings is 1. The van der Waals surface area contributed by atoms with Gasteiger partial charge in [-0.15, -0.1) is 23.1 Å². The number of hydrogen-bond acceptors (Lipinski definition) is 7. The zero-order chi connectivity index (χ0) is 20.3. The Morgan fingerprint density at radius 2 is 2.14 bits per heavy atom. The van der Waals surface area contributed by atoms with Crippen LogP contribution >= 0.6 is 23.1 Å². The second-order valence-corrected chi connectivity index (χ2v) is 9.29. The summed E-state index contributed by atoms with van der Waals surface area (Å²) in [6.45, 7) is 1.83. The van der Waals surface area contributed by atoms with Gasteiger partial charge in [0.05, 0.1) is 16.3 Å². The van der Waals surface area contributed by atoms with E-state index in [0.29, 0.717) is 34.1 Å². The van der Waals surface area contributed by atoms with Gasteiger partial charge in [-0.1, -0.05) is 13.0 Å². The zero-order valence-corrected chi connectivity index (χ0v) is 17.4. The number of carbonyl (C=O) groups is 1. The Hall–Kier alpha value is -2.21. The SMILES string of the molecule is CCc1ccc(NC(=O)CSCc2cc(=O)n3ccsc3n2)cc1S(N)(=O)=O. The fourth-order valence-corrected chi connectivity index (χ4v) is 4.92. The molecule has 8 nitrogen and oxygen atoms in total. The predicted octanol–water partition coefficient (Wildman–Crippen LogP) is 1.84. The molecule has 0 unspecified atom stereocenters. The molecule has 3 rings (SSSR count). The van der Waals surface area contributed by atoms with Crippen LogP contribution in [0.1, 0.15) is 18.2 Å². The third kappa shape index (κ3) is 4.79. The summed E-state index contributed by atoms with van der Waals surface area (Å²) in [6.07, 6.45) is 2.18. The van der Waals surface area contributed by atoms with E-state index in [9.17, 15) is 18.0 Å². The molecule has 0 atom stereocenters. The van der Waals surface area contributed by atoms with E-state index in [2.05, 4.69) is 10.3 Å². The minimum Gasteiger partial charge on any atom is -0.325 e. The number of sulfonamides is 1. The largest absolute Gasteiger partial charge is 0.325 e. The lowest BCUT2D eigenvalue weighted by Gasteiger charge is -2.10. The van der Waals surface area contributed by atoms with Gasteiger partial charge in [-0.25, -0.2) is 18.5 Å². The fourth-order valence-electron chi connectivity index (χ4n) is 2.60. The highest BCUT2D eigenvalue weighted by Gasteiger charge is 2.15. The number of hydrogen-bond donors (Lipinski definition) is 2. The van der Waals surface area contributed by atoms with Crippen molar-refractivity contribution in [3.8, 4) is 0 Å². The number of primary sulfonamides is 1. The molecule has 0 aliphatic rings. The van der Waals surface area contributed by atoms with Gasteiger partial charge < -0.3 is 5.32 Å². The van der Waals surface area contributed by atoms with E-state index < -0.39 is 10.0 Å². The summed E-state index contributed by atoms with van der Waals surface area (Å²) in [6, 6.07) is 6.09. The Morgan fingerprint density at radius 1 is 1.36 bits per heavy atom. The molecule has 0 fully saturated rings. The van der Waals surface area contributed by atoms with E-state index in [1.165, 1.54) is 39.6 Å². The lowest BCUT2D eigenvalue weighted by molar-refractivity contribution is -0.113. The average molecular weight is 439 g/mol. The van der Waals surface area contributed by atoms with E-state index in [1.54, 1.807) is 23.7 Å². The fraction of sp³-hybridized carbons (Fsp3) is 0.235. The van der Waals surface area contributed by atoms with Gasteiger partial charge in [0, 0.05) is 29.1 Å². The first-order valence-corrected chi connectivity index (χ1v) is 11.8. The van der Waals surface area contributed by atoms with Gasteiger partial charge in [0.1, 0.15) is 0 Å². The van der Waals surface area contributed by atoms with Gasteiger partial charge in [-0.05, 0) is 24.1 Å². The lowest BCUT2D eigenvalue weighted by atomic mass is 10.1. The Labute approximate surface area is 169 Å². The summed E-state index contributed by atoms with van der Waals surface area (Å²) < 4.78 is 24.9. The predicted molar refractivity (Wildman–Crippen MR) is 111 cm³/mol. The van der Waals surface area contributed by atoms with E-state index in [0.717, 1.165) is 0 Å². The van der Waals surface area contributed by atoms with Crippen molar-refractivity contribution in [2.45, 2.75) is 24.0 Å². The number of aromatic nitrogens is 2. The van der Waals surface area contributed by atoms with Gasteiger partial charge in [-0.3, -0.25) is 14.0 Å². The number of fused-ring (bicyclic) bond motifs is 1. The van der Waals surface area contributed by atoms with Crippen molar-refractivity contribution >= 4 is 49.7 Å². The maximum atomic E-state index is 12.2. The van der Waals surface area contributed by atoms with Crippen LogP contribution in [0.25, 0.3) is 4.96 Å². The van der Waals surface area contributed by atoms with Crippen LogP contribution in [0.2, 0.25) is 0 Å². The zero-order valence-electron chi connectivity index (χ0n) is 14.9. The first-order chi connectivity index (χ1) is 13.3. The molecule has 28 heavy (non-hydrogen) atoms. The van der Waals surface area contributed by atoms with Gasteiger partial charge in [0.15, 0.2) is 4.96 Å². The Bertz CT molecular complexity index is 1180. The molecule has 0 radical (unpaired) electrons. The normalized spacial score (nSPS) is 11.6. The van der Waals surface area contributed by atoms with Gasteiger partial charge in [0.2, 0.25) is 15.9 Å². The third-order valence-electron chi connectivity index (χ3n) is 3.88. The molecule has 3 N–H and O–H groups in total. The van der Waals surface area contributed by atoms with Crippen molar-refractivity contribution in [1.82, 2.24) is 9.38 Å². The highest BCUT2D eigenvalue weighted by atomic mass is 32.2. The molecule has 0 saturated carbocycles. The number of nitrogens with one attached hydrogen (secondary N) is 1. The maximum Gasteiger partial charge on any atom is 0.258 e. The first kappa shape index (κ1) is 20.5. The molecule has 148 valence electrons. The lowest BCUT2D eigenvalue weighted by Crippen LogP contribution is -2.17. The second-order valence-electron chi connectivity index (χ2n) is 5.90. The molecule has 0 bridgehead atoms. The molecule has 0 aliphatic heterocycles. The second kappa shape index (κ2) is 8.43. The summed E-state index contributed by atoms with van der Waals surface area (Å²) in [5.41, 5.74) is 1.41. The van der Waals surface area contributed by atoms with E-state index >= 15 is 0 Å². The van der Waals surface area contributed by atoms with Crippen LogP contribution in [-0.4, -0.2) is 29.5 Å². The van der Waals surface area contributed by atoms with E-state index in [1.807, 2.05) is 6.92 Å². The molecular weight excluding hydrogens is 420 g/mol. The maximum absolute atomic E-state index is 12.2. The summed E-state index contributed by atoms with van der Waals surface area (Å²) in [4.78, 5) is 29.1. The molecule has 2 heterocycles. The molecular formula is C17H18N4O4S3. The summed E-state index contributed by atoms with van der Waals surface area (Å²) in [7, 11) is -3.87. The van der Waals surface area contributed by atoms with Crippen LogP contribution in [0.4, 0.5) is 5.69 Å². The van der Waals surface area contributed by atoms with Crippen LogP contribution in [-0.2, 0) is 27.0 Å². The number of anilines is 1. The highest BCUT2D eigenvalue weighted by molar-refractivity contribution is 7.99. The van der Waals surface area contributed by atoms with Crippen LogP contribution in [0, 0.1) is 0 Å². The van der Waals surface area contributed by atoms with E-state index in [4.69, 9.17) is 5.14 Å². The molecule has 1 amide bonds. The molecule has 3 aromatic rings. The summed E-state index contributed by atoms with van der Waals surface area (Å²) >= 11 is 2.68. The van der Waals surface area contributed by atoms with E-state index in [-0.39, 0.29) is 22.1 Å². The quantitative estimate of drug-likeness (QED) is 0.580. The standard InChI is InChI=1S/C17H18N4O4S3/c1-2-11-3-4-12(7-14(11)28(18,24)25)19-15(22)10-26-9-13-8-16(23)21-5-6-27-17(21)20-13/h3-8H,2,9-10H2,1H3,(H,19,22)(H2,18,24,25). The molecule has 0 saturated heterocycles. The third-order valence-corrected chi connectivity index (χ3v) is 6.59. The Balaban J connectivity index is 1.62. The van der Waals surface area contributed by atoms with Gasteiger partial charge >= 0.3 is 0 Å². The number of carbonyl (C=O) groups excluding carboxylic acids is 1. The average Bonchev–Trinajstić information content (AvgIpc) is 3.10. The number of aryl methyl sites for hydroxylation is 1. The smallest absolute Gasteiger partial charge is 0.258 e. The van der Waals surface area contributed by atoms with Crippen molar-refractivity contribution in [2.24, 2.45) is 5.14 Å². The van der Waals surface area contributed by atoms with Crippen molar-refractivity contribution in [1.29, 1.82) is 0 Å². The number of benzene rings is 1. The van der Waals surface area contributed by atoms with Crippen molar-refractivity contribution < 1.29 is 13.2 Å². The number of rotatable bonds is 7. The van der Waals surface area contributed by atoms with Gasteiger partial charge in [-0.2, -0.15) is 0 Å². The molecule has 1 aromatic carbocycles. The molecule has 11 heteroatoms. The van der Waals surface area contributed by atoms with Crippen LogP contribution in [0.15, 0.2) is 45.5 Å². The van der Waals surface area contributed by atoms with Gasteiger partial charge in [0.25, 0.3) is 5.56 Å². The molecule has 0 aliphatic carbocycles. The number of amides is 1. The summed E-state index contributed by atoms with van der Waals surface area (Å²) in [5.74, 6) is 0.253. The molecule has 2 aromatic heterocycles. The monoisotopic (exact) mass is 438 g/mol. The summed E-state index contributed by atoms with van der Waals surface area (Å²) in [5, 5.41) is 9.69. The van der Waals surface area contributed by atoms with Crippen LogP contribution in [0.5, 0.6) is 0 Å². The minimum absolute atomic E-state index is 0.00868. The Kier molecular flexibility index (Phi) is 6.18. The first-order valence-electron chi connectivity index (χ1n) is 8.27. The molecule has 0 spiro atoms. The number of thioether (sulfide) groups is 1. The van der Waals surface area contributed by atoms with Crippen molar-refractivity contribution in [2.75, 3.05) is 11.1 Å². The number of nitrogens with two attached hydrogens (primary N) is 1. The van der Waals surface area contributed by atoms with Crippen molar-refractivity contribution in [3.63, 3.8) is 0 Å². The highest BCUT2D eigenvalue weighted by Crippen LogP contribution is 2.21. The van der Waals surface area contributed by atoms with Crippen LogP contribution in [0.3, 0.4) is 0 Å². The number of nitrogens with zero attached hydrogens (tertiary/aromatic N) is 2. The minimum atomic E-state index is -3.87. The van der Waals surface area contributed by atoms with Crippen LogP contribution < -0.4 is 16.0 Å².